The first kappa shape index (κ1) is 26.9. The van der Waals surface area contributed by atoms with Crippen LogP contribution in [0.2, 0.25) is 0 Å². The zero-order valence-electron chi connectivity index (χ0n) is 22.3. The zero-order chi connectivity index (χ0) is 23.8. The summed E-state index contributed by atoms with van der Waals surface area (Å²) in [4.78, 5) is 0. The molecule has 0 unspecified atom stereocenters. The fourth-order valence-electron chi connectivity index (χ4n) is 5.92. The molecule has 0 N–H and O–H groups in total. The van der Waals surface area contributed by atoms with Gasteiger partial charge in [0.2, 0.25) is 0 Å². The Kier molecular flexibility index (Phi) is 12.7. The Morgan fingerprint density at radius 2 is 0.912 bits per heavy atom. The minimum atomic E-state index is 0.605. The van der Waals surface area contributed by atoms with E-state index < -0.39 is 0 Å². The highest BCUT2D eigenvalue weighted by Crippen LogP contribution is 2.33. The molecule has 0 aliphatic heterocycles. The second-order valence-corrected chi connectivity index (χ2v) is 11.2. The summed E-state index contributed by atoms with van der Waals surface area (Å²) in [6.45, 7) is 4.60. The van der Waals surface area contributed by atoms with E-state index in [4.69, 9.17) is 0 Å². The van der Waals surface area contributed by atoms with Crippen molar-refractivity contribution in [2.45, 2.75) is 129 Å². The van der Waals surface area contributed by atoms with Gasteiger partial charge in [-0.2, -0.15) is 0 Å². The number of rotatable bonds is 10. The highest BCUT2D eigenvalue weighted by Gasteiger charge is 2.20. The van der Waals surface area contributed by atoms with Crippen LogP contribution in [0.3, 0.4) is 0 Å². The van der Waals surface area contributed by atoms with Gasteiger partial charge in [0.25, 0.3) is 0 Å². The summed E-state index contributed by atoms with van der Waals surface area (Å²) in [7, 11) is 0. The monoisotopic (exact) mass is 458 g/mol. The molecule has 34 heavy (non-hydrogen) atoms. The minimum absolute atomic E-state index is 0.605. The van der Waals surface area contributed by atoms with Gasteiger partial charge in [-0.25, -0.2) is 0 Å². The molecule has 0 aromatic heterocycles. The molecule has 0 saturated heterocycles. The average Bonchev–Trinajstić information content (AvgIpc) is 2.89. The molecule has 3 rings (SSSR count). The lowest BCUT2D eigenvalue weighted by molar-refractivity contribution is 0.294. The molecule has 0 amide bonds. The van der Waals surface area contributed by atoms with Gasteiger partial charge in [-0.3, -0.25) is 0 Å². The summed E-state index contributed by atoms with van der Waals surface area (Å²) < 4.78 is 0. The van der Waals surface area contributed by atoms with E-state index in [-0.39, 0.29) is 0 Å². The highest BCUT2D eigenvalue weighted by atomic mass is 14.2. The Balaban J connectivity index is 1.35. The van der Waals surface area contributed by atoms with Crippen LogP contribution in [0, 0.1) is 47.4 Å². The molecule has 0 atom stereocenters. The maximum absolute atomic E-state index is 3.58. The lowest BCUT2D eigenvalue weighted by Gasteiger charge is -2.25. The molecule has 0 radical (unpaired) electrons. The Labute approximate surface area is 212 Å². The van der Waals surface area contributed by atoms with Crippen molar-refractivity contribution < 1.29 is 0 Å². The van der Waals surface area contributed by atoms with Gasteiger partial charge >= 0.3 is 0 Å². The van der Waals surface area contributed by atoms with Crippen molar-refractivity contribution in [3.05, 3.63) is 35.4 Å². The topological polar surface area (TPSA) is 0 Å². The van der Waals surface area contributed by atoms with Crippen molar-refractivity contribution in [3.63, 3.8) is 0 Å². The summed E-state index contributed by atoms with van der Waals surface area (Å²) in [5.41, 5.74) is 2.30. The quantitative estimate of drug-likeness (QED) is 0.242. The van der Waals surface area contributed by atoms with Crippen LogP contribution in [0.1, 0.15) is 141 Å². The predicted molar refractivity (Wildman–Crippen MR) is 149 cm³/mol. The van der Waals surface area contributed by atoms with Crippen LogP contribution >= 0.6 is 0 Å². The third kappa shape index (κ3) is 10.3. The second-order valence-electron chi connectivity index (χ2n) is 11.2. The van der Waals surface area contributed by atoms with Crippen molar-refractivity contribution >= 4 is 0 Å². The van der Waals surface area contributed by atoms with Gasteiger partial charge < -0.3 is 0 Å². The molecule has 1 aromatic rings. The van der Waals surface area contributed by atoms with Crippen LogP contribution in [0.25, 0.3) is 0 Å². The van der Waals surface area contributed by atoms with Crippen molar-refractivity contribution in [1.29, 1.82) is 0 Å². The molecule has 2 aliphatic carbocycles. The highest BCUT2D eigenvalue weighted by molar-refractivity contribution is 5.42. The first-order chi connectivity index (χ1) is 16.8. The molecule has 0 nitrogen and oxygen atoms in total. The lowest BCUT2D eigenvalue weighted by atomic mass is 9.80. The molecule has 0 bridgehead atoms. The molecule has 2 aliphatic rings. The van der Waals surface area contributed by atoms with E-state index in [9.17, 15) is 0 Å². The first-order valence-corrected chi connectivity index (χ1v) is 14.9. The molecule has 2 fully saturated rings. The van der Waals surface area contributed by atoms with E-state index in [1.807, 2.05) is 0 Å². The van der Waals surface area contributed by atoms with Crippen molar-refractivity contribution in [2.24, 2.45) is 23.7 Å². The molecule has 1 aromatic carbocycles. The van der Waals surface area contributed by atoms with Gasteiger partial charge in [-0.1, -0.05) is 102 Å². The fourth-order valence-corrected chi connectivity index (χ4v) is 5.92. The fraction of sp³-hybridized carbons (Fsp3) is 0.706. The maximum atomic E-state index is 3.58. The van der Waals surface area contributed by atoms with E-state index in [0.29, 0.717) is 11.8 Å². The molecule has 186 valence electrons. The van der Waals surface area contributed by atoms with Gasteiger partial charge in [0, 0.05) is 23.0 Å². The Morgan fingerprint density at radius 3 is 1.26 bits per heavy atom. The predicted octanol–water partition coefficient (Wildman–Crippen LogP) is 9.94. The van der Waals surface area contributed by atoms with E-state index >= 15 is 0 Å². The third-order valence-corrected chi connectivity index (χ3v) is 8.35. The first-order valence-electron chi connectivity index (χ1n) is 14.9. The Hall–Kier alpha value is -1.66. The molecular weight excluding hydrogens is 408 g/mol. The number of hydrogen-bond acceptors (Lipinski definition) is 0. The van der Waals surface area contributed by atoms with Crippen LogP contribution < -0.4 is 0 Å². The second kappa shape index (κ2) is 16.1. The normalized spacial score (nSPS) is 24.5. The van der Waals surface area contributed by atoms with Gasteiger partial charge in [0.15, 0.2) is 0 Å². The summed E-state index contributed by atoms with van der Waals surface area (Å²) in [6.07, 6.45) is 24.9. The SMILES string of the molecule is CCCCCC[C@H]1CC[C@H](C#Cc2ccc(C#C[C@H]3CC[C@H](CCCCCC)CC3)cc2)CC1. The third-order valence-electron chi connectivity index (χ3n) is 8.35. The minimum Gasteiger partial charge on any atom is -0.0945 e. The molecule has 0 heterocycles. The van der Waals surface area contributed by atoms with Crippen LogP contribution in [0.5, 0.6) is 0 Å². The maximum Gasteiger partial charge on any atom is 0.0246 e. The molecule has 0 spiro atoms. The number of unbranched alkanes of at least 4 members (excludes halogenated alkanes) is 6. The van der Waals surface area contributed by atoms with Crippen LogP contribution in [-0.4, -0.2) is 0 Å². The zero-order valence-corrected chi connectivity index (χ0v) is 22.3. The van der Waals surface area contributed by atoms with Crippen molar-refractivity contribution in [2.75, 3.05) is 0 Å². The van der Waals surface area contributed by atoms with E-state index in [1.54, 1.807) is 0 Å². The van der Waals surface area contributed by atoms with Gasteiger partial charge in [0.05, 0.1) is 0 Å². The largest absolute Gasteiger partial charge is 0.0945 e. The van der Waals surface area contributed by atoms with E-state index in [0.717, 1.165) is 23.0 Å². The smallest absolute Gasteiger partial charge is 0.0246 e. The van der Waals surface area contributed by atoms with Crippen molar-refractivity contribution in [3.8, 4) is 23.7 Å². The summed E-state index contributed by atoms with van der Waals surface area (Å²) in [5.74, 6) is 17.2. The Morgan fingerprint density at radius 1 is 0.529 bits per heavy atom. The standard InChI is InChI=1S/C34H50/c1-3-5-7-9-11-29-13-17-31(18-14-29)21-23-33-25-27-34(28-26-33)24-22-32-19-15-30(16-20-32)12-10-8-6-4-2/h25-32H,3-20H2,1-2H3/t29-,30-,31-,32-. The van der Waals surface area contributed by atoms with Gasteiger partial charge in [-0.05, 0) is 87.5 Å². The van der Waals surface area contributed by atoms with Gasteiger partial charge in [-0.15, -0.1) is 0 Å². The molecular formula is C34H50. The number of benzene rings is 1. The van der Waals surface area contributed by atoms with Crippen LogP contribution in [0.15, 0.2) is 24.3 Å². The summed E-state index contributed by atoms with van der Waals surface area (Å²) in [6, 6.07) is 8.68. The molecule has 0 heteroatoms. The molecule has 2 saturated carbocycles. The van der Waals surface area contributed by atoms with Crippen molar-refractivity contribution in [1.82, 2.24) is 0 Å². The number of hydrogen-bond donors (Lipinski definition) is 0. The Bertz CT molecular complexity index is 707. The van der Waals surface area contributed by atoms with E-state index in [1.165, 1.54) is 116 Å². The van der Waals surface area contributed by atoms with E-state index in [2.05, 4.69) is 61.8 Å². The lowest BCUT2D eigenvalue weighted by Crippen LogP contribution is -2.13. The average molecular weight is 459 g/mol. The summed E-state index contributed by atoms with van der Waals surface area (Å²) in [5, 5.41) is 0. The van der Waals surface area contributed by atoms with Gasteiger partial charge in [0.1, 0.15) is 0 Å². The summed E-state index contributed by atoms with van der Waals surface area (Å²) >= 11 is 0. The van der Waals surface area contributed by atoms with Crippen LogP contribution in [0.4, 0.5) is 0 Å². The van der Waals surface area contributed by atoms with Crippen LogP contribution in [-0.2, 0) is 0 Å².